The van der Waals surface area contributed by atoms with Gasteiger partial charge in [0, 0.05) is 11.0 Å². The van der Waals surface area contributed by atoms with Gasteiger partial charge in [0.2, 0.25) is 0 Å². The third kappa shape index (κ3) is 3.45. The van der Waals surface area contributed by atoms with Gasteiger partial charge in [0.1, 0.15) is 10.6 Å². The summed E-state index contributed by atoms with van der Waals surface area (Å²) < 4.78 is 0. The molecule has 1 aromatic rings. The fourth-order valence-electron chi connectivity index (χ4n) is 5.50. The average molecular weight is 364 g/mol. The van der Waals surface area contributed by atoms with E-state index in [1.807, 2.05) is 5.31 Å². The Labute approximate surface area is 147 Å². The first-order valence-electron chi connectivity index (χ1n) is 8.89. The maximum Gasteiger partial charge on any atom is 0.144 e. The normalized spacial score (nSPS) is 22.7. The molecule has 1 aliphatic rings. The maximum absolute atomic E-state index is 2.68. The van der Waals surface area contributed by atoms with Crippen LogP contribution in [0.1, 0.15) is 26.3 Å². The summed E-state index contributed by atoms with van der Waals surface area (Å²) in [5.74, 6) is 0. The third-order valence-electron chi connectivity index (χ3n) is 5.02. The van der Waals surface area contributed by atoms with Crippen LogP contribution in [0.4, 0.5) is 0 Å². The molecule has 0 nitrogen and oxygen atoms in total. The van der Waals surface area contributed by atoms with Crippen LogP contribution in [0.2, 0.25) is 39.3 Å². The Hall–Kier alpha value is -0.176. The SMILES string of the molecule is CC(C)(C)C1=C(c2ccccc2)[P+]1(C)C([Si](C)(C)C)[Si](C)(C)C. The van der Waals surface area contributed by atoms with E-state index in [9.17, 15) is 0 Å². The van der Waals surface area contributed by atoms with Gasteiger partial charge in [0.25, 0.3) is 0 Å². The van der Waals surface area contributed by atoms with Crippen LogP contribution in [-0.4, -0.2) is 27.7 Å². The lowest BCUT2D eigenvalue weighted by atomic mass is 9.95. The van der Waals surface area contributed by atoms with Crippen molar-refractivity contribution in [3.8, 4) is 0 Å². The molecule has 1 aliphatic heterocycles. The minimum atomic E-state index is -1.22. The molecule has 0 fully saturated rings. The van der Waals surface area contributed by atoms with Gasteiger partial charge in [0.05, 0.1) is 35.0 Å². The molecule has 1 atom stereocenters. The highest BCUT2D eigenvalue weighted by molar-refractivity contribution is 8.00. The summed E-state index contributed by atoms with van der Waals surface area (Å²) in [6, 6.07) is 11.3. The quantitative estimate of drug-likeness (QED) is 0.392. The van der Waals surface area contributed by atoms with Crippen LogP contribution in [0.3, 0.4) is 0 Å². The molecule has 0 radical (unpaired) electrons. The summed E-state index contributed by atoms with van der Waals surface area (Å²) >= 11 is 0. The summed E-state index contributed by atoms with van der Waals surface area (Å²) in [6.45, 7) is 25.7. The van der Waals surface area contributed by atoms with Gasteiger partial charge in [-0.1, -0.05) is 90.4 Å². The number of benzene rings is 1. The summed E-state index contributed by atoms with van der Waals surface area (Å²) in [6.07, 6.45) is 0. The van der Waals surface area contributed by atoms with Crippen LogP contribution in [0.15, 0.2) is 35.6 Å². The van der Waals surface area contributed by atoms with E-state index < -0.39 is 23.4 Å². The van der Waals surface area contributed by atoms with Crippen LogP contribution >= 0.6 is 7.26 Å². The van der Waals surface area contributed by atoms with Crippen molar-refractivity contribution < 1.29 is 0 Å². The Kier molecular flexibility index (Phi) is 4.73. The molecule has 1 aromatic carbocycles. The molecule has 0 saturated heterocycles. The predicted molar refractivity (Wildman–Crippen MR) is 116 cm³/mol. The topological polar surface area (TPSA) is 0 Å². The van der Waals surface area contributed by atoms with Crippen molar-refractivity contribution in [2.75, 3.05) is 6.66 Å². The zero-order valence-electron chi connectivity index (χ0n) is 16.9. The lowest BCUT2D eigenvalue weighted by molar-refractivity contribution is 0.538. The molecule has 0 bridgehead atoms. The van der Waals surface area contributed by atoms with Gasteiger partial charge >= 0.3 is 0 Å². The molecule has 0 amide bonds. The largest absolute Gasteiger partial charge is 0.144 e. The predicted octanol–water partition coefficient (Wildman–Crippen LogP) is 7.19. The number of hydrogen-bond acceptors (Lipinski definition) is 0. The van der Waals surface area contributed by atoms with E-state index in [0.29, 0.717) is 5.41 Å². The minimum absolute atomic E-state index is 0.311. The first kappa shape index (κ1) is 19.2. The molecule has 1 heterocycles. The van der Waals surface area contributed by atoms with E-state index in [0.717, 1.165) is 4.91 Å². The summed E-state index contributed by atoms with van der Waals surface area (Å²) in [5, 5.41) is 3.62. The lowest BCUT2D eigenvalue weighted by Gasteiger charge is -2.40. The van der Waals surface area contributed by atoms with Gasteiger partial charge in [-0.2, -0.15) is 0 Å². The fourth-order valence-corrected chi connectivity index (χ4v) is 34.0. The van der Waals surface area contributed by atoms with Crippen LogP contribution < -0.4 is 0 Å². The molecular weight excluding hydrogens is 327 g/mol. The zero-order valence-corrected chi connectivity index (χ0v) is 19.8. The molecule has 2 rings (SSSR count). The molecule has 128 valence electrons. The van der Waals surface area contributed by atoms with Gasteiger partial charge in [0.15, 0.2) is 0 Å². The monoisotopic (exact) mass is 363 g/mol. The van der Waals surface area contributed by atoms with E-state index in [1.165, 1.54) is 5.56 Å². The molecule has 0 aromatic heterocycles. The van der Waals surface area contributed by atoms with Crippen molar-refractivity contribution in [1.29, 1.82) is 0 Å². The summed E-state index contributed by atoms with van der Waals surface area (Å²) in [7, 11) is -3.57. The van der Waals surface area contributed by atoms with Gasteiger partial charge in [-0.25, -0.2) is 0 Å². The summed E-state index contributed by atoms with van der Waals surface area (Å²) in [5.41, 5.74) is 1.82. The van der Waals surface area contributed by atoms with Crippen molar-refractivity contribution in [1.82, 2.24) is 0 Å². The van der Waals surface area contributed by atoms with E-state index in [4.69, 9.17) is 0 Å². The molecular formula is C20H36PSi2+. The first-order chi connectivity index (χ1) is 10.2. The van der Waals surface area contributed by atoms with E-state index in [2.05, 4.69) is 97.0 Å². The van der Waals surface area contributed by atoms with Gasteiger partial charge in [-0.05, 0) is 0 Å². The van der Waals surface area contributed by atoms with Gasteiger partial charge < -0.3 is 0 Å². The Balaban J connectivity index is 2.61. The van der Waals surface area contributed by atoms with Crippen LogP contribution in [0, 0.1) is 5.41 Å². The molecule has 0 aliphatic carbocycles. The Morgan fingerprint density at radius 3 is 1.61 bits per heavy atom. The number of rotatable bonds is 4. The molecule has 0 spiro atoms. The highest BCUT2D eigenvalue weighted by atomic mass is 31.2. The second kappa shape index (κ2) is 5.68. The molecule has 1 unspecified atom stereocenters. The number of allylic oxidation sites excluding steroid dienone is 1. The van der Waals surface area contributed by atoms with Crippen molar-refractivity contribution in [3.63, 3.8) is 0 Å². The molecule has 3 heteroatoms. The molecule has 0 saturated carbocycles. The highest BCUT2D eigenvalue weighted by Gasteiger charge is 2.72. The third-order valence-corrected chi connectivity index (χ3v) is 25.3. The van der Waals surface area contributed by atoms with Crippen molar-refractivity contribution in [2.24, 2.45) is 5.41 Å². The standard InChI is InChI=1S/C20H36PSi2/c1-20(2,3)18-17(16-14-12-11-13-15-16)21(18,4)19(22(5,6)7)23(8,9)10/h11-15,19H,1-10H3/q+1. The first-order valence-corrected chi connectivity index (χ1v) is 18.4. The van der Waals surface area contributed by atoms with Crippen LogP contribution in [-0.2, 0) is 0 Å². The average Bonchev–Trinajstić information content (AvgIpc) is 2.92. The second-order valence-electron chi connectivity index (χ2n) is 10.5. The number of hydrogen-bond donors (Lipinski definition) is 0. The second-order valence-corrected chi connectivity index (χ2v) is 26.3. The van der Waals surface area contributed by atoms with Crippen LogP contribution in [0.25, 0.3) is 5.31 Å². The Bertz CT molecular complexity index is 598. The molecule has 0 N–H and O–H groups in total. The Morgan fingerprint density at radius 1 is 0.826 bits per heavy atom. The molecule has 23 heavy (non-hydrogen) atoms. The van der Waals surface area contributed by atoms with E-state index in [1.54, 1.807) is 5.31 Å². The smallest absolute Gasteiger partial charge is 0.0664 e. The fraction of sp³-hybridized carbons (Fsp3) is 0.600. The van der Waals surface area contributed by atoms with Gasteiger partial charge in [-0.15, -0.1) is 0 Å². The minimum Gasteiger partial charge on any atom is -0.0664 e. The maximum atomic E-state index is 2.68. The van der Waals surface area contributed by atoms with Crippen molar-refractivity contribution in [2.45, 2.75) is 65.0 Å². The Morgan fingerprint density at radius 2 is 1.26 bits per heavy atom. The lowest BCUT2D eigenvalue weighted by Crippen LogP contribution is -2.53. The van der Waals surface area contributed by atoms with Gasteiger partial charge in [-0.3, -0.25) is 0 Å². The van der Waals surface area contributed by atoms with Crippen molar-refractivity contribution in [3.05, 3.63) is 41.2 Å². The van der Waals surface area contributed by atoms with Crippen LogP contribution in [0.5, 0.6) is 0 Å². The van der Waals surface area contributed by atoms with Crippen molar-refractivity contribution >= 4 is 28.7 Å². The highest BCUT2D eigenvalue weighted by Crippen LogP contribution is 2.94. The van der Waals surface area contributed by atoms with E-state index >= 15 is 0 Å². The summed E-state index contributed by atoms with van der Waals surface area (Å²) in [4.78, 5) is 0.993. The van der Waals surface area contributed by atoms with E-state index in [-0.39, 0.29) is 0 Å². The zero-order chi connectivity index (χ0) is 17.8.